The molecular formula is C16H22N2O2. The van der Waals surface area contributed by atoms with Crippen LogP contribution < -0.4 is 5.32 Å². The van der Waals surface area contributed by atoms with Gasteiger partial charge < -0.3 is 10.2 Å². The first-order valence-electron chi connectivity index (χ1n) is 7.00. The van der Waals surface area contributed by atoms with Crippen molar-refractivity contribution in [2.75, 3.05) is 18.9 Å². The van der Waals surface area contributed by atoms with Crippen LogP contribution in [0.4, 0.5) is 5.69 Å². The second kappa shape index (κ2) is 5.65. The number of hydrogen-bond donors (Lipinski definition) is 1. The van der Waals surface area contributed by atoms with Gasteiger partial charge in [-0.05, 0) is 43.4 Å². The van der Waals surface area contributed by atoms with Crippen molar-refractivity contribution in [3.05, 3.63) is 29.3 Å². The molecule has 2 amide bonds. The van der Waals surface area contributed by atoms with Gasteiger partial charge in [0.25, 0.3) is 0 Å². The highest BCUT2D eigenvalue weighted by Crippen LogP contribution is 2.38. The van der Waals surface area contributed by atoms with Crippen molar-refractivity contribution < 1.29 is 9.59 Å². The molecule has 1 aliphatic carbocycles. The second-order valence-corrected chi connectivity index (χ2v) is 5.88. The molecule has 0 radical (unpaired) electrons. The molecule has 2 rings (SSSR count). The summed E-state index contributed by atoms with van der Waals surface area (Å²) in [6.45, 7) is 6.11. The summed E-state index contributed by atoms with van der Waals surface area (Å²) in [6.07, 6.45) is 0.946. The van der Waals surface area contributed by atoms with Crippen molar-refractivity contribution >= 4 is 17.5 Å². The molecule has 0 unspecified atom stereocenters. The number of nitrogens with zero attached hydrogens (tertiary/aromatic N) is 1. The Hall–Kier alpha value is -1.84. The maximum absolute atomic E-state index is 12.0. The quantitative estimate of drug-likeness (QED) is 0.916. The van der Waals surface area contributed by atoms with E-state index in [1.807, 2.05) is 32.0 Å². The van der Waals surface area contributed by atoms with Crippen LogP contribution in [0.5, 0.6) is 0 Å². The van der Waals surface area contributed by atoms with Gasteiger partial charge in [0, 0.05) is 18.7 Å². The van der Waals surface area contributed by atoms with E-state index in [-0.39, 0.29) is 24.3 Å². The van der Waals surface area contributed by atoms with Crippen LogP contribution >= 0.6 is 0 Å². The normalized spacial score (nSPS) is 20.4. The highest BCUT2D eigenvalue weighted by molar-refractivity contribution is 5.95. The summed E-state index contributed by atoms with van der Waals surface area (Å²) in [4.78, 5) is 25.5. The lowest BCUT2D eigenvalue weighted by Gasteiger charge is -2.17. The number of aryl methyl sites for hydroxylation is 2. The minimum Gasteiger partial charge on any atom is -0.336 e. The fraction of sp³-hybridized carbons (Fsp3) is 0.500. The predicted molar refractivity (Wildman–Crippen MR) is 79.5 cm³/mol. The predicted octanol–water partition coefficient (Wildman–Crippen LogP) is 2.36. The van der Waals surface area contributed by atoms with E-state index in [9.17, 15) is 9.59 Å². The zero-order valence-corrected chi connectivity index (χ0v) is 12.6. The minimum absolute atomic E-state index is 0.0774. The van der Waals surface area contributed by atoms with Crippen molar-refractivity contribution in [1.82, 2.24) is 4.90 Å². The number of carbonyl (C=O) groups is 2. The summed E-state index contributed by atoms with van der Waals surface area (Å²) < 4.78 is 0. The molecule has 1 aliphatic rings. The molecular weight excluding hydrogens is 252 g/mol. The summed E-state index contributed by atoms with van der Waals surface area (Å²) in [6, 6.07) is 5.93. The van der Waals surface area contributed by atoms with E-state index in [1.54, 1.807) is 7.05 Å². The molecule has 0 heterocycles. The summed E-state index contributed by atoms with van der Waals surface area (Å²) in [5, 5.41) is 2.87. The van der Waals surface area contributed by atoms with E-state index in [0.29, 0.717) is 5.92 Å². The van der Waals surface area contributed by atoms with E-state index < -0.39 is 0 Å². The molecule has 0 spiro atoms. The summed E-state index contributed by atoms with van der Waals surface area (Å²) in [5.74, 6) is 0.511. The molecule has 1 aromatic rings. The molecule has 1 aromatic carbocycles. The minimum atomic E-state index is -0.150. The van der Waals surface area contributed by atoms with Crippen LogP contribution in [0, 0.1) is 25.7 Å². The van der Waals surface area contributed by atoms with Crippen molar-refractivity contribution in [1.29, 1.82) is 0 Å². The molecule has 0 aliphatic heterocycles. The Kier molecular flexibility index (Phi) is 4.12. The van der Waals surface area contributed by atoms with Crippen LogP contribution in [-0.4, -0.2) is 30.3 Å². The number of benzene rings is 1. The molecule has 1 saturated carbocycles. The van der Waals surface area contributed by atoms with E-state index in [2.05, 4.69) is 12.2 Å². The number of nitrogens with one attached hydrogen (secondary N) is 1. The summed E-state index contributed by atoms with van der Waals surface area (Å²) >= 11 is 0. The lowest BCUT2D eigenvalue weighted by atomic mass is 10.1. The SMILES string of the molecule is Cc1ccc(C)c(NC(=O)CN(C)C(=O)[C@H]2C[C@H]2C)c1. The zero-order valence-electron chi connectivity index (χ0n) is 12.6. The van der Waals surface area contributed by atoms with Crippen molar-refractivity contribution in [2.45, 2.75) is 27.2 Å². The van der Waals surface area contributed by atoms with Gasteiger partial charge in [-0.2, -0.15) is 0 Å². The average molecular weight is 274 g/mol. The maximum Gasteiger partial charge on any atom is 0.243 e. The Morgan fingerprint density at radius 2 is 2.00 bits per heavy atom. The molecule has 1 fully saturated rings. The van der Waals surface area contributed by atoms with Gasteiger partial charge in [-0.3, -0.25) is 9.59 Å². The Morgan fingerprint density at radius 3 is 2.60 bits per heavy atom. The number of amides is 2. The Labute approximate surface area is 120 Å². The highest BCUT2D eigenvalue weighted by Gasteiger charge is 2.40. The summed E-state index contributed by atoms with van der Waals surface area (Å²) in [5.41, 5.74) is 2.94. The van der Waals surface area contributed by atoms with Gasteiger partial charge in [-0.25, -0.2) is 0 Å². The van der Waals surface area contributed by atoms with Crippen molar-refractivity contribution in [2.24, 2.45) is 11.8 Å². The van der Waals surface area contributed by atoms with Gasteiger partial charge in [0.2, 0.25) is 11.8 Å². The van der Waals surface area contributed by atoms with Crippen molar-refractivity contribution in [3.8, 4) is 0 Å². The first kappa shape index (κ1) is 14.6. The molecule has 20 heavy (non-hydrogen) atoms. The van der Waals surface area contributed by atoms with Gasteiger partial charge >= 0.3 is 0 Å². The van der Waals surface area contributed by atoms with Crippen molar-refractivity contribution in [3.63, 3.8) is 0 Å². The number of anilines is 1. The van der Waals surface area contributed by atoms with Crippen LogP contribution in [-0.2, 0) is 9.59 Å². The van der Waals surface area contributed by atoms with Gasteiger partial charge in [-0.15, -0.1) is 0 Å². The number of hydrogen-bond acceptors (Lipinski definition) is 2. The lowest BCUT2D eigenvalue weighted by molar-refractivity contribution is -0.134. The van der Waals surface area contributed by atoms with Gasteiger partial charge in [-0.1, -0.05) is 19.1 Å². The molecule has 0 saturated heterocycles. The third-order valence-corrected chi connectivity index (χ3v) is 3.85. The van der Waals surface area contributed by atoms with Gasteiger partial charge in [0.05, 0.1) is 6.54 Å². The first-order valence-corrected chi connectivity index (χ1v) is 7.00. The second-order valence-electron chi connectivity index (χ2n) is 5.88. The lowest BCUT2D eigenvalue weighted by Crippen LogP contribution is -2.36. The third-order valence-electron chi connectivity index (χ3n) is 3.85. The molecule has 1 N–H and O–H groups in total. The Balaban J connectivity index is 1.92. The van der Waals surface area contributed by atoms with Crippen LogP contribution in [0.1, 0.15) is 24.5 Å². The zero-order chi connectivity index (χ0) is 14.9. The average Bonchev–Trinajstić information content (AvgIpc) is 3.10. The first-order chi connectivity index (χ1) is 9.38. The molecule has 4 heteroatoms. The van der Waals surface area contributed by atoms with Gasteiger partial charge in [0.1, 0.15) is 0 Å². The van der Waals surface area contributed by atoms with Crippen LogP contribution in [0.25, 0.3) is 0 Å². The van der Waals surface area contributed by atoms with Crippen LogP contribution in [0.2, 0.25) is 0 Å². The van der Waals surface area contributed by atoms with E-state index in [4.69, 9.17) is 0 Å². The number of likely N-dealkylation sites (N-methyl/N-ethyl adjacent to an activating group) is 1. The molecule has 0 aromatic heterocycles. The van der Waals surface area contributed by atoms with E-state index in [0.717, 1.165) is 23.2 Å². The molecule has 4 nitrogen and oxygen atoms in total. The smallest absolute Gasteiger partial charge is 0.243 e. The van der Waals surface area contributed by atoms with E-state index >= 15 is 0 Å². The van der Waals surface area contributed by atoms with Crippen LogP contribution in [0.15, 0.2) is 18.2 Å². The maximum atomic E-state index is 12.0. The molecule has 2 atom stereocenters. The van der Waals surface area contributed by atoms with Crippen LogP contribution in [0.3, 0.4) is 0 Å². The Bertz CT molecular complexity index is 539. The standard InChI is InChI=1S/C16H22N2O2/c1-10-5-6-11(2)14(7-10)17-15(19)9-18(4)16(20)13-8-12(13)3/h5-7,12-13H,8-9H2,1-4H3,(H,17,19)/t12-,13+/m1/s1. The third kappa shape index (κ3) is 3.38. The molecule has 0 bridgehead atoms. The largest absolute Gasteiger partial charge is 0.336 e. The number of rotatable bonds is 4. The summed E-state index contributed by atoms with van der Waals surface area (Å²) in [7, 11) is 1.69. The van der Waals surface area contributed by atoms with Gasteiger partial charge in [0.15, 0.2) is 0 Å². The Morgan fingerprint density at radius 1 is 1.35 bits per heavy atom. The highest BCUT2D eigenvalue weighted by atomic mass is 16.2. The number of carbonyl (C=O) groups excluding carboxylic acids is 2. The molecule has 108 valence electrons. The topological polar surface area (TPSA) is 49.4 Å². The fourth-order valence-corrected chi connectivity index (χ4v) is 2.30. The van der Waals surface area contributed by atoms with E-state index in [1.165, 1.54) is 4.90 Å². The fourth-order valence-electron chi connectivity index (χ4n) is 2.30. The monoisotopic (exact) mass is 274 g/mol.